The Labute approximate surface area is 153 Å². The zero-order valence-electron chi connectivity index (χ0n) is 14.3. The van der Waals surface area contributed by atoms with Crippen LogP contribution in [0, 0.1) is 11.6 Å². The third-order valence-electron chi connectivity index (χ3n) is 3.87. The Bertz CT molecular complexity index is 974. The van der Waals surface area contributed by atoms with Gasteiger partial charge in [-0.05, 0) is 49.4 Å². The van der Waals surface area contributed by atoms with Crippen LogP contribution in [0.1, 0.15) is 23.3 Å². The van der Waals surface area contributed by atoms with Gasteiger partial charge in [0.2, 0.25) is 5.91 Å². The van der Waals surface area contributed by atoms with Gasteiger partial charge in [-0.2, -0.15) is 5.10 Å². The van der Waals surface area contributed by atoms with E-state index in [0.29, 0.717) is 11.4 Å². The highest BCUT2D eigenvalue weighted by molar-refractivity contribution is 6.04. The molecule has 0 spiro atoms. The van der Waals surface area contributed by atoms with Crippen molar-refractivity contribution in [2.45, 2.75) is 13.0 Å². The number of amides is 2. The molecule has 1 atom stereocenters. The number of nitrogens with zero attached hydrogens (tertiary/aromatic N) is 2. The van der Waals surface area contributed by atoms with Crippen molar-refractivity contribution in [3.63, 3.8) is 0 Å². The molecule has 0 unspecified atom stereocenters. The van der Waals surface area contributed by atoms with Gasteiger partial charge in [0.25, 0.3) is 5.91 Å². The molecule has 0 saturated heterocycles. The molecule has 0 aliphatic rings. The van der Waals surface area contributed by atoms with E-state index in [1.54, 1.807) is 49.6 Å². The normalized spacial score (nSPS) is 11.7. The van der Waals surface area contributed by atoms with E-state index in [1.165, 1.54) is 10.7 Å². The number of hydrogen-bond donors (Lipinski definition) is 2. The zero-order chi connectivity index (χ0) is 19.4. The van der Waals surface area contributed by atoms with E-state index in [2.05, 4.69) is 15.7 Å². The molecule has 0 bridgehead atoms. The topological polar surface area (TPSA) is 76.0 Å². The molecule has 1 aromatic heterocycles. The summed E-state index contributed by atoms with van der Waals surface area (Å²) in [5, 5.41) is 9.34. The van der Waals surface area contributed by atoms with Crippen LogP contribution in [-0.2, 0) is 4.79 Å². The molecule has 8 heteroatoms. The van der Waals surface area contributed by atoms with Gasteiger partial charge in [-0.1, -0.05) is 6.07 Å². The zero-order valence-corrected chi connectivity index (χ0v) is 14.3. The number of carbonyl (C=O) groups is 2. The minimum absolute atomic E-state index is 0.0179. The van der Waals surface area contributed by atoms with Gasteiger partial charge in [-0.3, -0.25) is 14.3 Å². The smallest absolute Gasteiger partial charge is 0.255 e. The number of rotatable bonds is 5. The molecule has 0 aliphatic heterocycles. The Kier molecular flexibility index (Phi) is 5.25. The monoisotopic (exact) mass is 370 g/mol. The van der Waals surface area contributed by atoms with E-state index in [4.69, 9.17) is 0 Å². The molecule has 2 N–H and O–H groups in total. The van der Waals surface area contributed by atoms with Crippen LogP contribution in [-0.4, -0.2) is 21.6 Å². The van der Waals surface area contributed by atoms with Gasteiger partial charge < -0.3 is 10.6 Å². The Balaban J connectivity index is 1.69. The van der Waals surface area contributed by atoms with Gasteiger partial charge >= 0.3 is 0 Å². The Morgan fingerprint density at radius 1 is 1.00 bits per heavy atom. The van der Waals surface area contributed by atoms with E-state index < -0.39 is 23.6 Å². The van der Waals surface area contributed by atoms with Gasteiger partial charge in [0.15, 0.2) is 11.6 Å². The summed E-state index contributed by atoms with van der Waals surface area (Å²) in [6.07, 6.45) is 3.26. The summed E-state index contributed by atoms with van der Waals surface area (Å²) in [6.45, 7) is 1.71. The van der Waals surface area contributed by atoms with Crippen molar-refractivity contribution < 1.29 is 18.4 Å². The van der Waals surface area contributed by atoms with Crippen molar-refractivity contribution in [1.29, 1.82) is 0 Å². The van der Waals surface area contributed by atoms with Crippen LogP contribution in [0.2, 0.25) is 0 Å². The molecule has 27 heavy (non-hydrogen) atoms. The maximum absolute atomic E-state index is 13.3. The largest absolute Gasteiger partial charge is 0.324 e. The summed E-state index contributed by atoms with van der Waals surface area (Å²) >= 11 is 0. The van der Waals surface area contributed by atoms with E-state index in [-0.39, 0.29) is 11.5 Å². The average Bonchev–Trinajstić information content (AvgIpc) is 3.18. The summed E-state index contributed by atoms with van der Waals surface area (Å²) in [5.74, 6) is -3.00. The standard InChI is InChI=1S/C19H16F2N4O2/c1-12(25-9-3-8-22-25)18(26)23-14-4-2-5-15(11-14)24-19(27)13-6-7-16(20)17(21)10-13/h2-12H,1H3,(H,23,26)(H,24,27)/t12-/m1/s1. The van der Waals surface area contributed by atoms with Crippen LogP contribution in [0.15, 0.2) is 60.9 Å². The molecular weight excluding hydrogens is 354 g/mol. The fraction of sp³-hybridized carbons (Fsp3) is 0.105. The molecule has 1 heterocycles. The van der Waals surface area contributed by atoms with E-state index in [9.17, 15) is 18.4 Å². The molecule has 138 valence electrons. The Morgan fingerprint density at radius 3 is 2.41 bits per heavy atom. The van der Waals surface area contributed by atoms with Crippen LogP contribution in [0.5, 0.6) is 0 Å². The molecule has 3 rings (SSSR count). The summed E-state index contributed by atoms with van der Waals surface area (Å²) < 4.78 is 27.8. The van der Waals surface area contributed by atoms with Gasteiger partial charge in [-0.25, -0.2) is 8.78 Å². The maximum atomic E-state index is 13.3. The second kappa shape index (κ2) is 7.77. The lowest BCUT2D eigenvalue weighted by Gasteiger charge is -2.13. The molecule has 2 aromatic carbocycles. The molecule has 2 amide bonds. The van der Waals surface area contributed by atoms with E-state index >= 15 is 0 Å². The first-order valence-corrected chi connectivity index (χ1v) is 8.10. The lowest BCUT2D eigenvalue weighted by atomic mass is 10.2. The molecule has 0 saturated carbocycles. The fourth-order valence-corrected chi connectivity index (χ4v) is 2.39. The first-order valence-electron chi connectivity index (χ1n) is 8.10. The lowest BCUT2D eigenvalue weighted by molar-refractivity contribution is -0.119. The van der Waals surface area contributed by atoms with E-state index in [1.807, 2.05) is 0 Å². The number of halogens is 2. The first-order chi connectivity index (χ1) is 12.9. The average molecular weight is 370 g/mol. The minimum atomic E-state index is -1.10. The maximum Gasteiger partial charge on any atom is 0.255 e. The highest BCUT2D eigenvalue weighted by Gasteiger charge is 2.15. The highest BCUT2D eigenvalue weighted by atomic mass is 19.2. The van der Waals surface area contributed by atoms with Crippen molar-refractivity contribution in [1.82, 2.24) is 9.78 Å². The number of anilines is 2. The third kappa shape index (κ3) is 4.35. The summed E-state index contributed by atoms with van der Waals surface area (Å²) in [5.41, 5.74) is 0.854. The number of carbonyl (C=O) groups excluding carboxylic acids is 2. The van der Waals surface area contributed by atoms with Crippen LogP contribution in [0.4, 0.5) is 20.2 Å². The molecule has 6 nitrogen and oxygen atoms in total. The van der Waals surface area contributed by atoms with Crippen molar-refractivity contribution >= 4 is 23.2 Å². The van der Waals surface area contributed by atoms with Crippen LogP contribution in [0.3, 0.4) is 0 Å². The van der Waals surface area contributed by atoms with E-state index in [0.717, 1.165) is 12.1 Å². The highest BCUT2D eigenvalue weighted by Crippen LogP contribution is 2.18. The van der Waals surface area contributed by atoms with Crippen molar-refractivity contribution in [3.8, 4) is 0 Å². The van der Waals surface area contributed by atoms with Crippen LogP contribution >= 0.6 is 0 Å². The summed E-state index contributed by atoms with van der Waals surface area (Å²) in [4.78, 5) is 24.5. The lowest BCUT2D eigenvalue weighted by Crippen LogP contribution is -2.24. The van der Waals surface area contributed by atoms with Crippen LogP contribution in [0.25, 0.3) is 0 Å². The SMILES string of the molecule is C[C@H](C(=O)Nc1cccc(NC(=O)c2ccc(F)c(F)c2)c1)n1cccn1. The van der Waals surface area contributed by atoms with Crippen molar-refractivity contribution in [2.24, 2.45) is 0 Å². The Morgan fingerprint density at radius 2 is 1.74 bits per heavy atom. The van der Waals surface area contributed by atoms with Gasteiger partial charge in [-0.15, -0.1) is 0 Å². The van der Waals surface area contributed by atoms with Crippen molar-refractivity contribution in [2.75, 3.05) is 10.6 Å². The number of benzene rings is 2. The second-order valence-electron chi connectivity index (χ2n) is 5.82. The van der Waals surface area contributed by atoms with Gasteiger partial charge in [0.05, 0.1) is 0 Å². The number of nitrogens with one attached hydrogen (secondary N) is 2. The molecular formula is C19H16F2N4O2. The second-order valence-corrected chi connectivity index (χ2v) is 5.82. The molecule has 0 radical (unpaired) electrons. The first kappa shape index (κ1) is 18.2. The third-order valence-corrected chi connectivity index (χ3v) is 3.87. The molecule has 3 aromatic rings. The Hall–Kier alpha value is -3.55. The van der Waals surface area contributed by atoms with Gasteiger partial charge in [0.1, 0.15) is 6.04 Å². The van der Waals surface area contributed by atoms with Gasteiger partial charge in [0, 0.05) is 29.3 Å². The molecule has 0 aliphatic carbocycles. The minimum Gasteiger partial charge on any atom is -0.324 e. The van der Waals surface area contributed by atoms with Crippen molar-refractivity contribution in [3.05, 3.63) is 78.1 Å². The fourth-order valence-electron chi connectivity index (χ4n) is 2.39. The summed E-state index contributed by atoms with van der Waals surface area (Å²) in [6, 6.07) is 10.6. The van der Waals surface area contributed by atoms with Crippen LogP contribution < -0.4 is 10.6 Å². The quantitative estimate of drug-likeness (QED) is 0.720. The predicted molar refractivity (Wildman–Crippen MR) is 96.3 cm³/mol. The summed E-state index contributed by atoms with van der Waals surface area (Å²) in [7, 11) is 0. The number of hydrogen-bond acceptors (Lipinski definition) is 3. The molecule has 0 fully saturated rings. The predicted octanol–water partition coefficient (Wildman–Crippen LogP) is 3.61. The number of aromatic nitrogens is 2.